The van der Waals surface area contributed by atoms with Crippen LogP contribution in [0.4, 0.5) is 4.39 Å². The summed E-state index contributed by atoms with van der Waals surface area (Å²) in [6.45, 7) is 10.9. The molecule has 0 bridgehead atoms. The largest absolute Gasteiger partial charge is 0.493 e. The summed E-state index contributed by atoms with van der Waals surface area (Å²) in [6, 6.07) is 9.13. The SMILES string of the molecule is CCOc1cc2c(c(F)c1OCC)C(=N)N(CC(=O)c1ccc(OCCCC#N)c(C(C)(C)C)c1)C2. The van der Waals surface area contributed by atoms with E-state index < -0.39 is 5.82 Å². The standard InChI is InChI=1S/C28H34FN3O4/c1-6-34-23-15-19-16-32(27(31)24(19)25(29)26(23)35-7-2)17-21(33)18-10-11-22(36-13-9-8-12-30)20(14-18)28(3,4)5/h10-11,14-15,31H,6-9,13,16-17H2,1-5H3. The average molecular weight is 496 g/mol. The van der Waals surface area contributed by atoms with Crippen molar-refractivity contribution in [3.63, 3.8) is 0 Å². The van der Waals surface area contributed by atoms with Crippen molar-refractivity contribution in [1.82, 2.24) is 4.90 Å². The van der Waals surface area contributed by atoms with Gasteiger partial charge in [-0.05, 0) is 55.5 Å². The van der Waals surface area contributed by atoms with Gasteiger partial charge in [0.1, 0.15) is 11.6 Å². The van der Waals surface area contributed by atoms with E-state index in [1.165, 1.54) is 0 Å². The minimum atomic E-state index is -0.634. The van der Waals surface area contributed by atoms with Crippen molar-refractivity contribution in [3.05, 3.63) is 52.3 Å². The lowest BCUT2D eigenvalue weighted by molar-refractivity contribution is 0.0962. The maximum absolute atomic E-state index is 15.3. The summed E-state index contributed by atoms with van der Waals surface area (Å²) < 4.78 is 32.2. The summed E-state index contributed by atoms with van der Waals surface area (Å²) in [5.41, 5.74) is 1.85. The lowest BCUT2D eigenvalue weighted by atomic mass is 9.85. The summed E-state index contributed by atoms with van der Waals surface area (Å²) in [6.07, 6.45) is 1.05. The van der Waals surface area contributed by atoms with Crippen LogP contribution in [-0.2, 0) is 12.0 Å². The Bertz CT molecular complexity index is 1180. The molecule has 192 valence electrons. The van der Waals surface area contributed by atoms with Crippen molar-refractivity contribution in [2.45, 2.75) is 59.4 Å². The average Bonchev–Trinajstić information content (AvgIpc) is 3.13. The number of benzene rings is 2. The Morgan fingerprint density at radius 2 is 1.86 bits per heavy atom. The van der Waals surface area contributed by atoms with Gasteiger partial charge in [-0.25, -0.2) is 4.39 Å². The van der Waals surface area contributed by atoms with Crippen molar-refractivity contribution in [2.75, 3.05) is 26.4 Å². The second-order valence-electron chi connectivity index (χ2n) is 9.62. The predicted molar refractivity (Wildman–Crippen MR) is 136 cm³/mol. The zero-order valence-electron chi connectivity index (χ0n) is 21.7. The zero-order valence-corrected chi connectivity index (χ0v) is 21.7. The van der Waals surface area contributed by atoms with E-state index >= 15 is 4.39 Å². The van der Waals surface area contributed by atoms with Crippen molar-refractivity contribution in [1.29, 1.82) is 10.7 Å². The number of ether oxygens (including phenoxy) is 3. The highest BCUT2D eigenvalue weighted by Gasteiger charge is 2.33. The van der Waals surface area contributed by atoms with Crippen molar-refractivity contribution in [3.8, 4) is 23.3 Å². The molecule has 8 heteroatoms. The lowest BCUT2D eigenvalue weighted by Crippen LogP contribution is -2.30. The highest BCUT2D eigenvalue weighted by molar-refractivity contribution is 6.05. The molecule has 0 fully saturated rings. The van der Waals surface area contributed by atoms with Crippen molar-refractivity contribution < 1.29 is 23.4 Å². The maximum Gasteiger partial charge on any atom is 0.197 e. The molecule has 0 saturated carbocycles. The van der Waals surface area contributed by atoms with Gasteiger partial charge in [-0.1, -0.05) is 20.8 Å². The summed E-state index contributed by atoms with van der Waals surface area (Å²) in [5.74, 6) is 0.129. The smallest absolute Gasteiger partial charge is 0.197 e. The number of rotatable bonds is 11. The minimum absolute atomic E-state index is 0.00351. The van der Waals surface area contributed by atoms with Gasteiger partial charge in [-0.2, -0.15) is 5.26 Å². The molecule has 7 nitrogen and oxygen atoms in total. The molecule has 2 aromatic rings. The van der Waals surface area contributed by atoms with E-state index in [4.69, 9.17) is 24.9 Å². The molecule has 1 aliphatic rings. The van der Waals surface area contributed by atoms with Crippen LogP contribution in [0, 0.1) is 22.6 Å². The van der Waals surface area contributed by atoms with Crippen LogP contribution in [0.15, 0.2) is 24.3 Å². The molecule has 0 radical (unpaired) electrons. The minimum Gasteiger partial charge on any atom is -0.493 e. The fourth-order valence-corrected chi connectivity index (χ4v) is 4.17. The summed E-state index contributed by atoms with van der Waals surface area (Å²) in [4.78, 5) is 14.8. The molecule has 0 atom stereocenters. The highest BCUT2D eigenvalue weighted by atomic mass is 19.1. The monoisotopic (exact) mass is 495 g/mol. The van der Waals surface area contributed by atoms with E-state index in [-0.39, 0.29) is 48.0 Å². The number of unbranched alkanes of at least 4 members (excludes halogenated alkanes) is 1. The van der Waals surface area contributed by atoms with Gasteiger partial charge in [0, 0.05) is 24.1 Å². The molecule has 0 unspecified atom stereocenters. The third kappa shape index (κ3) is 5.78. The summed E-state index contributed by atoms with van der Waals surface area (Å²) >= 11 is 0. The number of carbonyl (C=O) groups excluding carboxylic acids is 1. The number of nitrogens with zero attached hydrogens (tertiary/aromatic N) is 2. The van der Waals surface area contributed by atoms with E-state index in [2.05, 4.69) is 6.07 Å². The molecular formula is C28H34FN3O4. The predicted octanol–water partition coefficient (Wildman–Crippen LogP) is 5.63. The first-order chi connectivity index (χ1) is 17.1. The Hall–Kier alpha value is -3.60. The summed E-state index contributed by atoms with van der Waals surface area (Å²) in [7, 11) is 0. The number of nitriles is 1. The molecule has 0 aromatic heterocycles. The highest BCUT2D eigenvalue weighted by Crippen LogP contribution is 2.39. The van der Waals surface area contributed by atoms with Gasteiger partial charge in [0.2, 0.25) is 0 Å². The van der Waals surface area contributed by atoms with E-state index in [1.54, 1.807) is 30.0 Å². The van der Waals surface area contributed by atoms with Gasteiger partial charge in [-0.15, -0.1) is 0 Å². The van der Waals surface area contributed by atoms with E-state index in [9.17, 15) is 4.79 Å². The molecule has 36 heavy (non-hydrogen) atoms. The number of Topliss-reactive ketones (excluding diaryl/α,β-unsaturated/α-hetero) is 1. The van der Waals surface area contributed by atoms with E-state index in [1.807, 2.05) is 33.8 Å². The van der Waals surface area contributed by atoms with Gasteiger partial charge in [0.05, 0.1) is 38.0 Å². The first-order valence-corrected chi connectivity index (χ1v) is 12.2. The number of ketones is 1. The Morgan fingerprint density at radius 3 is 2.50 bits per heavy atom. The second-order valence-corrected chi connectivity index (χ2v) is 9.62. The molecule has 2 aromatic carbocycles. The number of fused-ring (bicyclic) bond motifs is 1. The van der Waals surface area contributed by atoms with Gasteiger partial charge >= 0.3 is 0 Å². The van der Waals surface area contributed by atoms with E-state index in [0.717, 1.165) is 5.56 Å². The third-order valence-electron chi connectivity index (χ3n) is 5.91. The van der Waals surface area contributed by atoms with Crippen LogP contribution in [0.5, 0.6) is 17.2 Å². The molecule has 0 saturated heterocycles. The molecule has 1 N–H and O–H groups in total. The van der Waals surface area contributed by atoms with Crippen LogP contribution >= 0.6 is 0 Å². The third-order valence-corrected chi connectivity index (χ3v) is 5.91. The van der Waals surface area contributed by atoms with Crippen LogP contribution in [0.25, 0.3) is 0 Å². The number of hydrogen-bond donors (Lipinski definition) is 1. The molecule has 1 heterocycles. The quantitative estimate of drug-likeness (QED) is 0.321. The number of nitrogens with one attached hydrogen (secondary N) is 1. The molecule has 0 aliphatic carbocycles. The van der Waals surface area contributed by atoms with Gasteiger partial charge < -0.3 is 19.1 Å². The van der Waals surface area contributed by atoms with Crippen LogP contribution < -0.4 is 14.2 Å². The lowest BCUT2D eigenvalue weighted by Gasteiger charge is -2.24. The van der Waals surface area contributed by atoms with Crippen LogP contribution in [-0.4, -0.2) is 42.9 Å². The van der Waals surface area contributed by atoms with Gasteiger partial charge in [0.15, 0.2) is 23.1 Å². The zero-order chi connectivity index (χ0) is 26.5. The topological polar surface area (TPSA) is 95.6 Å². The Morgan fingerprint density at radius 1 is 1.14 bits per heavy atom. The maximum atomic E-state index is 15.3. The molecule has 0 spiro atoms. The van der Waals surface area contributed by atoms with E-state index in [0.29, 0.717) is 48.7 Å². The number of carbonyl (C=O) groups is 1. The number of amidine groups is 1. The Balaban J connectivity index is 1.83. The second kappa shape index (κ2) is 11.4. The molecule has 3 rings (SSSR count). The molecule has 1 aliphatic heterocycles. The first-order valence-electron chi connectivity index (χ1n) is 12.2. The number of halogens is 1. The van der Waals surface area contributed by atoms with Gasteiger partial charge in [-0.3, -0.25) is 10.2 Å². The fraction of sp³-hybridized carbons (Fsp3) is 0.464. The Kier molecular flexibility index (Phi) is 8.57. The summed E-state index contributed by atoms with van der Waals surface area (Å²) in [5, 5.41) is 17.3. The van der Waals surface area contributed by atoms with Crippen LogP contribution in [0.1, 0.15) is 74.5 Å². The van der Waals surface area contributed by atoms with Crippen LogP contribution in [0.3, 0.4) is 0 Å². The van der Waals surface area contributed by atoms with Crippen molar-refractivity contribution in [2.24, 2.45) is 0 Å². The first kappa shape index (κ1) is 27.0. The number of hydrogen-bond acceptors (Lipinski definition) is 6. The normalized spacial score (nSPS) is 12.8. The Labute approximate surface area is 212 Å². The molecule has 0 amide bonds. The van der Waals surface area contributed by atoms with Crippen LogP contribution in [0.2, 0.25) is 0 Å². The van der Waals surface area contributed by atoms with Crippen molar-refractivity contribution >= 4 is 11.6 Å². The molecular weight excluding hydrogens is 461 g/mol. The fourth-order valence-electron chi connectivity index (χ4n) is 4.17. The van der Waals surface area contributed by atoms with Gasteiger partial charge in [0.25, 0.3) is 0 Å².